The fourth-order valence-corrected chi connectivity index (χ4v) is 5.34. The number of hydrogen-bond donors (Lipinski definition) is 0. The fraction of sp³-hybridized carbons (Fsp3) is 0.222. The van der Waals surface area contributed by atoms with E-state index >= 15 is 0 Å². The minimum absolute atomic E-state index is 0.136. The van der Waals surface area contributed by atoms with Gasteiger partial charge < -0.3 is 13.7 Å². The number of carbonyl (C=O) groups excluding carboxylic acids is 1. The highest BCUT2D eigenvalue weighted by molar-refractivity contribution is 9.10. The van der Waals surface area contributed by atoms with Crippen molar-refractivity contribution < 1.29 is 27.1 Å². The largest absolute Gasteiger partial charge is 0.755 e. The van der Waals surface area contributed by atoms with Crippen LogP contribution in [0.25, 0.3) is 22.3 Å². The number of carbonyl (C=O) groups is 1. The maximum Gasteiger partial charge on any atom is 0.342 e. The summed E-state index contributed by atoms with van der Waals surface area (Å²) in [6.45, 7) is 2.03. The van der Waals surface area contributed by atoms with Crippen LogP contribution in [0.15, 0.2) is 69.6 Å². The smallest absolute Gasteiger partial charge is 0.342 e. The topological polar surface area (TPSA) is 82.8 Å². The molecule has 5 rings (SSSR count). The summed E-state index contributed by atoms with van der Waals surface area (Å²) in [4.78, 5) is 13.0. The van der Waals surface area contributed by atoms with Crippen LogP contribution in [0.1, 0.15) is 47.2 Å². The molecule has 1 aliphatic rings. The number of nitrogens with zero attached hydrogens (tertiary/aromatic N) is 1. The van der Waals surface area contributed by atoms with Gasteiger partial charge in [0.1, 0.15) is 22.7 Å². The normalized spacial score (nSPS) is 14.1. The molecule has 1 atom stereocenters. The van der Waals surface area contributed by atoms with Crippen LogP contribution in [0.2, 0.25) is 0 Å². The van der Waals surface area contributed by atoms with E-state index in [0.29, 0.717) is 22.2 Å². The Morgan fingerprint density at radius 3 is 2.58 bits per heavy atom. The second-order valence-electron chi connectivity index (χ2n) is 8.60. The van der Waals surface area contributed by atoms with E-state index in [4.69, 9.17) is 9.15 Å². The fourth-order valence-electron chi connectivity index (χ4n) is 4.32. The summed E-state index contributed by atoms with van der Waals surface area (Å²) >= 11 is 0.875. The van der Waals surface area contributed by atoms with Crippen molar-refractivity contribution >= 4 is 49.8 Å². The predicted molar refractivity (Wildman–Crippen MR) is 139 cm³/mol. The van der Waals surface area contributed by atoms with E-state index in [1.807, 2.05) is 30.3 Å². The summed E-state index contributed by atoms with van der Waals surface area (Å²) < 4.78 is 52.0. The van der Waals surface area contributed by atoms with Gasteiger partial charge in [0.15, 0.2) is 0 Å². The van der Waals surface area contributed by atoms with Crippen molar-refractivity contribution in [2.75, 3.05) is 10.9 Å². The van der Waals surface area contributed by atoms with E-state index in [0.717, 1.165) is 28.4 Å². The Labute approximate surface area is 218 Å². The lowest BCUT2D eigenvalue weighted by molar-refractivity contribution is 0.0528. The number of benzene rings is 3. The second-order valence-corrected chi connectivity index (χ2v) is 10.4. The van der Waals surface area contributed by atoms with Gasteiger partial charge in [0.05, 0.1) is 18.8 Å². The Balaban J connectivity index is 1.69. The lowest BCUT2D eigenvalue weighted by Crippen LogP contribution is -2.26. The van der Waals surface area contributed by atoms with Gasteiger partial charge in [-0.05, 0) is 79.3 Å². The number of anilines is 1. The number of hydrogen-bond acceptors (Lipinski definition) is 5. The van der Waals surface area contributed by atoms with Crippen molar-refractivity contribution in [2.24, 2.45) is 0 Å². The number of furan rings is 1. The highest BCUT2D eigenvalue weighted by Crippen LogP contribution is 2.48. The number of esters is 1. The van der Waals surface area contributed by atoms with Gasteiger partial charge in [0.2, 0.25) is 0 Å². The van der Waals surface area contributed by atoms with E-state index < -0.39 is 23.1 Å². The van der Waals surface area contributed by atoms with Crippen LogP contribution < -0.4 is 4.31 Å². The molecule has 0 aliphatic heterocycles. The molecule has 0 radical (unpaired) electrons. The average molecular weight is 571 g/mol. The van der Waals surface area contributed by atoms with Gasteiger partial charge in [0, 0.05) is 32.8 Å². The third-order valence-corrected chi connectivity index (χ3v) is 7.28. The van der Waals surface area contributed by atoms with Crippen LogP contribution in [0, 0.1) is 5.82 Å². The third kappa shape index (κ3) is 4.96. The molecule has 6 nitrogen and oxygen atoms in total. The molecular formula is C27H22BrFNO5S-. The Morgan fingerprint density at radius 2 is 1.94 bits per heavy atom. The Morgan fingerprint density at radius 1 is 1.19 bits per heavy atom. The van der Waals surface area contributed by atoms with Gasteiger partial charge in [-0.2, -0.15) is 0 Å². The minimum Gasteiger partial charge on any atom is -0.755 e. The molecule has 9 heteroatoms. The molecule has 1 unspecified atom stereocenters. The highest BCUT2D eigenvalue weighted by Gasteiger charge is 2.32. The van der Waals surface area contributed by atoms with E-state index in [1.54, 1.807) is 13.0 Å². The van der Waals surface area contributed by atoms with Crippen LogP contribution in [-0.2, 0) is 22.5 Å². The van der Waals surface area contributed by atoms with Gasteiger partial charge in [-0.15, -0.1) is 0 Å². The molecule has 4 aromatic rings. The highest BCUT2D eigenvalue weighted by atomic mass is 79.9. The molecule has 1 aromatic heterocycles. The quantitative estimate of drug-likeness (QED) is 0.171. The third-order valence-electron chi connectivity index (χ3n) is 6.10. The molecule has 1 heterocycles. The molecule has 0 saturated heterocycles. The number of halogens is 2. The Bertz CT molecular complexity index is 1470. The molecule has 3 aromatic carbocycles. The molecule has 0 N–H and O–H groups in total. The van der Waals surface area contributed by atoms with Crippen molar-refractivity contribution in [1.82, 2.24) is 0 Å². The Kier molecular flexibility index (Phi) is 6.96. The first-order chi connectivity index (χ1) is 17.4. The molecular weight excluding hydrogens is 549 g/mol. The number of ether oxygens (including phenoxy) is 1. The maximum atomic E-state index is 13.6. The first-order valence-electron chi connectivity index (χ1n) is 11.5. The number of fused-ring (bicyclic) bond motifs is 1. The van der Waals surface area contributed by atoms with Crippen molar-refractivity contribution in [3.05, 3.63) is 87.6 Å². The lowest BCUT2D eigenvalue weighted by Gasteiger charge is -2.29. The van der Waals surface area contributed by atoms with E-state index in [1.165, 1.54) is 28.6 Å². The number of rotatable bonds is 8. The zero-order valence-corrected chi connectivity index (χ0v) is 21.7. The van der Waals surface area contributed by atoms with Gasteiger partial charge in [-0.25, -0.2) is 9.18 Å². The first-order valence-corrected chi connectivity index (χ1v) is 13.3. The molecule has 186 valence electrons. The predicted octanol–water partition coefficient (Wildman–Crippen LogP) is 6.86. The Hall–Kier alpha value is -3.01. The van der Waals surface area contributed by atoms with Crippen LogP contribution in [0.5, 0.6) is 0 Å². The SMILES string of the molecule is CCOC(=O)c1c(-c2ccc(F)cc2)oc2cc(N(Cc3cccc(Br)c3)S(=O)[O-])c(C3CC3)cc12. The second kappa shape index (κ2) is 10.2. The zero-order valence-electron chi connectivity index (χ0n) is 19.3. The summed E-state index contributed by atoms with van der Waals surface area (Å²) in [5.41, 5.74) is 3.26. The lowest BCUT2D eigenvalue weighted by atomic mass is 10.0. The standard InChI is InChI=1S/C27H23BrFNO5S/c1-2-34-27(31)25-22-13-21(17-6-7-17)23(30(36(32)33)15-16-4-3-5-19(28)12-16)14-24(22)35-26(25)18-8-10-20(29)11-9-18/h3-5,8-14,17H,2,6-7,15H2,1H3,(H,32,33)/p-1. The minimum atomic E-state index is -2.56. The monoisotopic (exact) mass is 570 g/mol. The summed E-state index contributed by atoms with van der Waals surface area (Å²) in [5.74, 6) is -0.531. The van der Waals surface area contributed by atoms with E-state index in [9.17, 15) is 17.9 Å². The van der Waals surface area contributed by atoms with Gasteiger partial charge in [0.25, 0.3) is 0 Å². The first kappa shape index (κ1) is 24.7. The molecule has 1 saturated carbocycles. The maximum absolute atomic E-state index is 13.6. The van der Waals surface area contributed by atoms with Crippen LogP contribution in [0.4, 0.5) is 10.1 Å². The van der Waals surface area contributed by atoms with E-state index in [2.05, 4.69) is 15.9 Å². The molecule has 0 spiro atoms. The van der Waals surface area contributed by atoms with E-state index in [-0.39, 0.29) is 30.4 Å². The molecule has 0 bridgehead atoms. The van der Waals surface area contributed by atoms with Crippen LogP contribution in [0.3, 0.4) is 0 Å². The van der Waals surface area contributed by atoms with Crippen LogP contribution >= 0.6 is 15.9 Å². The summed E-state index contributed by atoms with van der Waals surface area (Å²) in [5, 5.41) is 0.539. The average Bonchev–Trinajstić information content (AvgIpc) is 3.62. The summed E-state index contributed by atoms with van der Waals surface area (Å²) in [7, 11) is 0. The molecule has 0 amide bonds. The van der Waals surface area contributed by atoms with Gasteiger partial charge >= 0.3 is 5.97 Å². The van der Waals surface area contributed by atoms with Crippen LogP contribution in [-0.4, -0.2) is 21.3 Å². The zero-order chi connectivity index (χ0) is 25.4. The van der Waals surface area contributed by atoms with Gasteiger partial charge in [-0.1, -0.05) is 28.1 Å². The molecule has 1 fully saturated rings. The van der Waals surface area contributed by atoms with Crippen molar-refractivity contribution in [3.8, 4) is 11.3 Å². The summed E-state index contributed by atoms with van der Waals surface area (Å²) in [6, 6.07) is 16.6. The van der Waals surface area contributed by atoms with Crippen molar-refractivity contribution in [1.29, 1.82) is 0 Å². The molecule has 36 heavy (non-hydrogen) atoms. The van der Waals surface area contributed by atoms with Crippen molar-refractivity contribution in [3.63, 3.8) is 0 Å². The van der Waals surface area contributed by atoms with Gasteiger partial charge in [-0.3, -0.25) is 8.51 Å². The summed E-state index contributed by atoms with van der Waals surface area (Å²) in [6.07, 6.45) is 1.85. The van der Waals surface area contributed by atoms with Crippen molar-refractivity contribution in [2.45, 2.75) is 32.2 Å². The molecule has 1 aliphatic carbocycles.